The van der Waals surface area contributed by atoms with Crippen LogP contribution in [0.4, 0.5) is 0 Å². The molecule has 0 aliphatic rings. The highest BCUT2D eigenvalue weighted by atomic mass is 15.3. The molecule has 0 radical (unpaired) electrons. The molecule has 0 spiro atoms. The zero-order chi connectivity index (χ0) is 13.8. The van der Waals surface area contributed by atoms with Gasteiger partial charge in [0.05, 0.1) is 6.04 Å². The topological polar surface area (TPSA) is 42.7 Å². The molecule has 0 fully saturated rings. The summed E-state index contributed by atoms with van der Waals surface area (Å²) in [5.74, 6) is 1.47. The number of hydrogen-bond donors (Lipinski definition) is 1. The zero-order valence-electron chi connectivity index (χ0n) is 12.0. The normalized spacial score (nSPS) is 14.6. The van der Waals surface area contributed by atoms with Crippen LogP contribution in [0.3, 0.4) is 0 Å². The van der Waals surface area contributed by atoms with E-state index in [4.69, 9.17) is 0 Å². The largest absolute Gasteiger partial charge is 0.319 e. The Balaban J connectivity index is 2.16. The quantitative estimate of drug-likeness (QED) is 0.896. The van der Waals surface area contributed by atoms with Crippen molar-refractivity contribution in [2.75, 3.05) is 0 Å². The van der Waals surface area contributed by atoms with E-state index in [0.29, 0.717) is 12.0 Å². The Hall–Kier alpha value is -1.68. The molecule has 19 heavy (non-hydrogen) atoms. The van der Waals surface area contributed by atoms with Gasteiger partial charge in [-0.2, -0.15) is 0 Å². The third kappa shape index (κ3) is 3.20. The summed E-state index contributed by atoms with van der Waals surface area (Å²) in [7, 11) is 1.97. The second-order valence-electron chi connectivity index (χ2n) is 5.32. The van der Waals surface area contributed by atoms with Gasteiger partial charge < -0.3 is 9.88 Å². The van der Waals surface area contributed by atoms with Gasteiger partial charge in [0.2, 0.25) is 0 Å². The van der Waals surface area contributed by atoms with Crippen molar-refractivity contribution < 1.29 is 0 Å². The average Bonchev–Trinajstić information content (AvgIpc) is 2.82. The summed E-state index contributed by atoms with van der Waals surface area (Å²) < 4.78 is 1.96. The van der Waals surface area contributed by atoms with Gasteiger partial charge in [0.1, 0.15) is 12.2 Å². The Morgan fingerprint density at radius 2 is 1.79 bits per heavy atom. The van der Waals surface area contributed by atoms with Gasteiger partial charge in [-0.3, -0.25) is 0 Å². The Morgan fingerprint density at radius 1 is 1.11 bits per heavy atom. The first-order valence-electron chi connectivity index (χ1n) is 6.74. The molecule has 0 saturated heterocycles. The van der Waals surface area contributed by atoms with E-state index in [9.17, 15) is 0 Å². The number of rotatable bonds is 5. The third-order valence-electron chi connectivity index (χ3n) is 3.39. The first kappa shape index (κ1) is 13.7. The number of hydrogen-bond acceptors (Lipinski definition) is 3. The fourth-order valence-corrected chi connectivity index (χ4v) is 2.36. The molecule has 2 atom stereocenters. The van der Waals surface area contributed by atoms with Crippen LogP contribution in [-0.4, -0.2) is 14.8 Å². The Kier molecular flexibility index (Phi) is 4.32. The summed E-state index contributed by atoms with van der Waals surface area (Å²) in [5.41, 5.74) is 1.31. The molecule has 102 valence electrons. The fourth-order valence-electron chi connectivity index (χ4n) is 2.36. The predicted molar refractivity (Wildman–Crippen MR) is 76.6 cm³/mol. The summed E-state index contributed by atoms with van der Waals surface area (Å²) in [4.78, 5) is 0. The van der Waals surface area contributed by atoms with Crippen LogP contribution < -0.4 is 5.32 Å². The van der Waals surface area contributed by atoms with Gasteiger partial charge in [-0.15, -0.1) is 10.2 Å². The lowest BCUT2D eigenvalue weighted by molar-refractivity contribution is 0.363. The minimum Gasteiger partial charge on any atom is -0.319 e. The van der Waals surface area contributed by atoms with Crippen LogP contribution in [0.25, 0.3) is 0 Å². The molecule has 0 aliphatic carbocycles. The summed E-state index contributed by atoms with van der Waals surface area (Å²) in [6.45, 7) is 6.59. The summed E-state index contributed by atoms with van der Waals surface area (Å²) in [6.07, 6.45) is 1.74. The molecule has 2 rings (SSSR count). The van der Waals surface area contributed by atoms with Crippen molar-refractivity contribution in [3.63, 3.8) is 0 Å². The molecule has 1 N–H and O–H groups in total. The monoisotopic (exact) mass is 258 g/mol. The summed E-state index contributed by atoms with van der Waals surface area (Å²) in [6, 6.07) is 11.0. The van der Waals surface area contributed by atoms with Crippen LogP contribution in [0.1, 0.15) is 44.2 Å². The molecule has 4 nitrogen and oxygen atoms in total. The molecular formula is C15H22N4. The third-order valence-corrected chi connectivity index (χ3v) is 3.39. The molecule has 2 unspecified atom stereocenters. The smallest absolute Gasteiger partial charge is 0.149 e. The molecule has 2 aromatic rings. The van der Waals surface area contributed by atoms with Gasteiger partial charge in [-0.05, 0) is 18.4 Å². The lowest BCUT2D eigenvalue weighted by Gasteiger charge is -2.26. The standard InChI is InChI=1S/C15H22N4/c1-11(2)14(13-8-6-5-7-9-13)17-12(3)15-18-16-10-19(15)4/h5-12,14,17H,1-4H3. The van der Waals surface area contributed by atoms with Crippen molar-refractivity contribution >= 4 is 0 Å². The van der Waals surface area contributed by atoms with Gasteiger partial charge in [0.25, 0.3) is 0 Å². The van der Waals surface area contributed by atoms with Crippen molar-refractivity contribution in [3.8, 4) is 0 Å². The average molecular weight is 258 g/mol. The number of aryl methyl sites for hydroxylation is 1. The minimum absolute atomic E-state index is 0.167. The van der Waals surface area contributed by atoms with Gasteiger partial charge in [0, 0.05) is 13.1 Å². The zero-order valence-corrected chi connectivity index (χ0v) is 12.0. The van der Waals surface area contributed by atoms with Crippen LogP contribution in [-0.2, 0) is 7.05 Å². The van der Waals surface area contributed by atoms with E-state index in [1.807, 2.05) is 17.7 Å². The predicted octanol–water partition coefficient (Wildman–Crippen LogP) is 2.86. The van der Waals surface area contributed by atoms with E-state index in [1.165, 1.54) is 5.56 Å². The van der Waals surface area contributed by atoms with E-state index in [2.05, 4.69) is 60.6 Å². The second kappa shape index (κ2) is 5.97. The number of nitrogens with zero attached hydrogens (tertiary/aromatic N) is 3. The maximum atomic E-state index is 4.17. The molecule has 0 aliphatic heterocycles. The van der Waals surface area contributed by atoms with E-state index in [1.54, 1.807) is 6.33 Å². The number of nitrogens with one attached hydrogen (secondary N) is 1. The Bertz CT molecular complexity index is 504. The minimum atomic E-state index is 0.167. The Labute approximate surface area is 114 Å². The highest BCUT2D eigenvalue weighted by Crippen LogP contribution is 2.24. The van der Waals surface area contributed by atoms with Crippen LogP contribution in [0.15, 0.2) is 36.7 Å². The van der Waals surface area contributed by atoms with Crippen molar-refractivity contribution in [1.82, 2.24) is 20.1 Å². The van der Waals surface area contributed by atoms with E-state index >= 15 is 0 Å². The van der Waals surface area contributed by atoms with Crippen LogP contribution in [0.5, 0.6) is 0 Å². The molecule has 0 bridgehead atoms. The molecule has 0 amide bonds. The van der Waals surface area contributed by atoms with Crippen molar-refractivity contribution in [1.29, 1.82) is 0 Å². The van der Waals surface area contributed by atoms with E-state index in [-0.39, 0.29) is 6.04 Å². The maximum absolute atomic E-state index is 4.17. The lowest BCUT2D eigenvalue weighted by Crippen LogP contribution is -2.29. The summed E-state index contributed by atoms with van der Waals surface area (Å²) in [5, 5.41) is 11.8. The summed E-state index contributed by atoms with van der Waals surface area (Å²) >= 11 is 0. The SMILES string of the molecule is CC(NC(c1ccccc1)C(C)C)c1nncn1C. The van der Waals surface area contributed by atoms with Crippen molar-refractivity contribution in [2.24, 2.45) is 13.0 Å². The first-order valence-corrected chi connectivity index (χ1v) is 6.74. The van der Waals surface area contributed by atoms with E-state index < -0.39 is 0 Å². The molecule has 1 aromatic carbocycles. The van der Waals surface area contributed by atoms with Crippen LogP contribution in [0.2, 0.25) is 0 Å². The molecular weight excluding hydrogens is 236 g/mol. The first-order chi connectivity index (χ1) is 9.09. The molecule has 1 aromatic heterocycles. The fraction of sp³-hybridized carbons (Fsp3) is 0.467. The lowest BCUT2D eigenvalue weighted by atomic mass is 9.95. The maximum Gasteiger partial charge on any atom is 0.149 e. The highest BCUT2D eigenvalue weighted by Gasteiger charge is 2.20. The number of aromatic nitrogens is 3. The molecule has 4 heteroatoms. The van der Waals surface area contributed by atoms with Crippen molar-refractivity contribution in [2.45, 2.75) is 32.9 Å². The van der Waals surface area contributed by atoms with Gasteiger partial charge in [0.15, 0.2) is 0 Å². The van der Waals surface area contributed by atoms with Crippen molar-refractivity contribution in [3.05, 3.63) is 48.0 Å². The van der Waals surface area contributed by atoms with Crippen LogP contribution >= 0.6 is 0 Å². The van der Waals surface area contributed by atoms with Gasteiger partial charge >= 0.3 is 0 Å². The van der Waals surface area contributed by atoms with Gasteiger partial charge in [-0.1, -0.05) is 44.2 Å². The van der Waals surface area contributed by atoms with E-state index in [0.717, 1.165) is 5.82 Å². The Morgan fingerprint density at radius 3 is 2.32 bits per heavy atom. The van der Waals surface area contributed by atoms with Gasteiger partial charge in [-0.25, -0.2) is 0 Å². The van der Waals surface area contributed by atoms with Crippen LogP contribution in [0, 0.1) is 5.92 Å². The highest BCUT2D eigenvalue weighted by molar-refractivity contribution is 5.19. The molecule has 0 saturated carbocycles. The molecule has 1 heterocycles. The second-order valence-corrected chi connectivity index (χ2v) is 5.32. The number of benzene rings is 1.